The maximum Gasteiger partial charge on any atom is 0.572 e. The molecule has 116 valence electrons. The maximum atomic E-state index is 5.66. The largest absolute Gasteiger partial charge is 0.572 e. The Hall–Kier alpha value is -1.08. The molecule has 0 heterocycles. The van der Waals surface area contributed by atoms with Crippen molar-refractivity contribution in [3.63, 3.8) is 0 Å². The third kappa shape index (κ3) is 6.38. The SMILES string of the molecule is C=C[Si](OCC)(ONC(C)=C(C)C)ONC(C)=C(C)C. The molecular weight excluding hydrogens is 272 g/mol. The van der Waals surface area contributed by atoms with Crippen LogP contribution in [0.2, 0.25) is 0 Å². The summed E-state index contributed by atoms with van der Waals surface area (Å²) in [5.74, 6) is 0. The summed E-state index contributed by atoms with van der Waals surface area (Å²) >= 11 is 0. The van der Waals surface area contributed by atoms with Gasteiger partial charge in [0.25, 0.3) is 0 Å². The van der Waals surface area contributed by atoms with Gasteiger partial charge in [0, 0.05) is 18.0 Å². The predicted octanol–water partition coefficient (Wildman–Crippen LogP) is 3.36. The van der Waals surface area contributed by atoms with Gasteiger partial charge in [0.05, 0.1) is 0 Å². The first-order valence-electron chi connectivity index (χ1n) is 6.71. The zero-order chi connectivity index (χ0) is 15.8. The number of hydrogen-bond acceptors (Lipinski definition) is 5. The Balaban J connectivity index is 4.87. The zero-order valence-corrected chi connectivity index (χ0v) is 14.7. The van der Waals surface area contributed by atoms with Crippen LogP contribution in [-0.2, 0) is 13.5 Å². The summed E-state index contributed by atoms with van der Waals surface area (Å²) in [7, 11) is -3.01. The van der Waals surface area contributed by atoms with Crippen LogP contribution >= 0.6 is 0 Å². The normalized spacial score (nSPS) is 10.8. The van der Waals surface area contributed by atoms with Gasteiger partial charge in [0.1, 0.15) is 0 Å². The second-order valence-corrected chi connectivity index (χ2v) is 7.21. The predicted molar refractivity (Wildman–Crippen MR) is 84.1 cm³/mol. The van der Waals surface area contributed by atoms with Gasteiger partial charge in [-0.05, 0) is 54.2 Å². The molecule has 0 amide bonds. The molecule has 0 radical (unpaired) electrons. The van der Waals surface area contributed by atoms with Crippen molar-refractivity contribution in [2.24, 2.45) is 0 Å². The van der Waals surface area contributed by atoms with Crippen LogP contribution in [0, 0.1) is 0 Å². The second kappa shape index (κ2) is 8.96. The molecule has 5 nitrogen and oxygen atoms in total. The zero-order valence-electron chi connectivity index (χ0n) is 13.7. The van der Waals surface area contributed by atoms with E-state index in [1.165, 1.54) is 0 Å². The van der Waals surface area contributed by atoms with Crippen LogP contribution in [0.4, 0.5) is 0 Å². The van der Waals surface area contributed by atoms with Gasteiger partial charge in [-0.3, -0.25) is 20.0 Å². The molecule has 0 atom stereocenters. The van der Waals surface area contributed by atoms with Crippen molar-refractivity contribution in [1.82, 2.24) is 11.0 Å². The molecule has 2 N–H and O–H groups in total. The van der Waals surface area contributed by atoms with Crippen molar-refractivity contribution in [3.05, 3.63) is 34.8 Å². The first-order valence-corrected chi connectivity index (χ1v) is 8.52. The molecule has 0 unspecified atom stereocenters. The maximum absolute atomic E-state index is 5.66. The highest BCUT2D eigenvalue weighted by Crippen LogP contribution is 2.11. The Labute approximate surface area is 124 Å². The highest BCUT2D eigenvalue weighted by Gasteiger charge is 2.40. The summed E-state index contributed by atoms with van der Waals surface area (Å²) in [6.45, 7) is 18.0. The summed E-state index contributed by atoms with van der Waals surface area (Å²) in [6, 6.07) is 0. The first kappa shape index (κ1) is 18.9. The van der Waals surface area contributed by atoms with Crippen molar-refractivity contribution in [2.75, 3.05) is 6.61 Å². The van der Waals surface area contributed by atoms with Crippen LogP contribution in [0.5, 0.6) is 0 Å². The third-order valence-corrected chi connectivity index (χ3v) is 4.75. The van der Waals surface area contributed by atoms with E-state index in [-0.39, 0.29) is 0 Å². The highest BCUT2D eigenvalue weighted by molar-refractivity contribution is 6.66. The Morgan fingerprint density at radius 3 is 1.60 bits per heavy atom. The Morgan fingerprint density at radius 2 is 1.35 bits per heavy atom. The summed E-state index contributed by atoms with van der Waals surface area (Å²) < 4.78 is 17.0. The van der Waals surface area contributed by atoms with Crippen LogP contribution in [-0.4, -0.2) is 15.4 Å². The molecule has 6 heteroatoms. The van der Waals surface area contributed by atoms with Crippen molar-refractivity contribution < 1.29 is 13.5 Å². The lowest BCUT2D eigenvalue weighted by Crippen LogP contribution is -2.50. The van der Waals surface area contributed by atoms with E-state index in [1.807, 2.05) is 48.5 Å². The van der Waals surface area contributed by atoms with Crippen LogP contribution < -0.4 is 11.0 Å². The van der Waals surface area contributed by atoms with Gasteiger partial charge in [-0.2, -0.15) is 0 Å². The quantitative estimate of drug-likeness (QED) is 0.505. The van der Waals surface area contributed by atoms with E-state index >= 15 is 0 Å². The lowest BCUT2D eigenvalue weighted by atomic mass is 10.3. The molecule has 0 aliphatic heterocycles. The number of hydroxylamine groups is 2. The monoisotopic (exact) mass is 300 g/mol. The molecule has 0 saturated heterocycles. The fraction of sp³-hybridized carbons (Fsp3) is 0.571. The van der Waals surface area contributed by atoms with E-state index in [0.717, 1.165) is 22.5 Å². The van der Waals surface area contributed by atoms with Crippen molar-refractivity contribution in [3.8, 4) is 0 Å². The first-order chi connectivity index (χ1) is 9.28. The van der Waals surface area contributed by atoms with E-state index < -0.39 is 8.80 Å². The van der Waals surface area contributed by atoms with E-state index in [2.05, 4.69) is 17.5 Å². The van der Waals surface area contributed by atoms with Gasteiger partial charge in [-0.15, -0.1) is 0 Å². The molecule has 0 bridgehead atoms. The lowest BCUT2D eigenvalue weighted by molar-refractivity contribution is 0.0182. The van der Waals surface area contributed by atoms with Gasteiger partial charge < -0.3 is 4.43 Å². The average Bonchev–Trinajstić information content (AvgIpc) is 2.40. The number of allylic oxidation sites excluding steroid dienone is 4. The molecule has 0 spiro atoms. The smallest absolute Gasteiger partial charge is 0.369 e. The van der Waals surface area contributed by atoms with Crippen LogP contribution in [0.3, 0.4) is 0 Å². The third-order valence-electron chi connectivity index (χ3n) is 2.79. The Bertz CT molecular complexity index is 356. The molecule has 0 aromatic heterocycles. The topological polar surface area (TPSA) is 51.8 Å². The fourth-order valence-electron chi connectivity index (χ4n) is 0.923. The summed E-state index contributed by atoms with van der Waals surface area (Å²) in [5, 5.41) is 0. The fourth-order valence-corrected chi connectivity index (χ4v) is 2.36. The van der Waals surface area contributed by atoms with Gasteiger partial charge in [-0.1, -0.05) is 17.7 Å². The van der Waals surface area contributed by atoms with Crippen LogP contribution in [0.15, 0.2) is 34.8 Å². The van der Waals surface area contributed by atoms with E-state index in [9.17, 15) is 0 Å². The average molecular weight is 300 g/mol. The number of rotatable bonds is 9. The molecule has 20 heavy (non-hydrogen) atoms. The van der Waals surface area contributed by atoms with Crippen molar-refractivity contribution >= 4 is 8.80 Å². The summed E-state index contributed by atoms with van der Waals surface area (Å²) in [6.07, 6.45) is 0. The molecule has 0 saturated carbocycles. The molecule has 0 aliphatic rings. The lowest BCUT2D eigenvalue weighted by Gasteiger charge is -2.26. The van der Waals surface area contributed by atoms with Gasteiger partial charge in [-0.25, -0.2) is 0 Å². The Kier molecular flexibility index (Phi) is 8.48. The van der Waals surface area contributed by atoms with E-state index in [1.54, 1.807) is 5.70 Å². The van der Waals surface area contributed by atoms with Gasteiger partial charge >= 0.3 is 8.80 Å². The second-order valence-electron chi connectivity index (χ2n) is 4.90. The van der Waals surface area contributed by atoms with Crippen LogP contribution in [0.25, 0.3) is 0 Å². The molecule has 0 aliphatic carbocycles. The highest BCUT2D eigenvalue weighted by atomic mass is 28.4. The van der Waals surface area contributed by atoms with Gasteiger partial charge in [0.15, 0.2) is 0 Å². The number of hydrogen-bond donors (Lipinski definition) is 2. The minimum atomic E-state index is -3.01. The minimum absolute atomic E-state index is 0.476. The Morgan fingerprint density at radius 1 is 0.950 bits per heavy atom. The van der Waals surface area contributed by atoms with E-state index in [4.69, 9.17) is 13.5 Å². The van der Waals surface area contributed by atoms with Gasteiger partial charge in [0.2, 0.25) is 0 Å². The van der Waals surface area contributed by atoms with E-state index in [0.29, 0.717) is 6.61 Å². The van der Waals surface area contributed by atoms with Crippen molar-refractivity contribution in [1.29, 1.82) is 0 Å². The molecule has 0 fully saturated rings. The standard InChI is InChI=1S/C14H28N2O3Si/c1-9-17-20(10-2,18-15-13(7)11(3)4)19-16-14(8)12(5)6/h10,15-16H,2,9H2,1,3-8H3. The number of nitrogens with one attached hydrogen (secondary N) is 2. The molecular formula is C14H28N2O3Si. The summed E-state index contributed by atoms with van der Waals surface area (Å²) in [5.41, 5.74) is 11.4. The summed E-state index contributed by atoms with van der Waals surface area (Å²) in [4.78, 5) is 0. The van der Waals surface area contributed by atoms with Crippen molar-refractivity contribution in [2.45, 2.75) is 48.5 Å². The molecule has 0 aromatic rings. The van der Waals surface area contributed by atoms with Crippen LogP contribution in [0.1, 0.15) is 48.5 Å². The minimum Gasteiger partial charge on any atom is -0.369 e. The molecule has 0 rings (SSSR count). The molecule has 0 aromatic carbocycles.